The number of ether oxygens (including phenoxy) is 2. The van der Waals surface area contributed by atoms with Gasteiger partial charge in [0.2, 0.25) is 0 Å². The molecule has 0 saturated heterocycles. The highest BCUT2D eigenvalue weighted by Gasteiger charge is 2.13. The average Bonchev–Trinajstić information content (AvgIpc) is 3.29. The van der Waals surface area contributed by atoms with Gasteiger partial charge in [-0.05, 0) is 54.7 Å². The Kier molecular flexibility index (Phi) is 5.59. The second-order valence-corrected chi connectivity index (χ2v) is 7.07. The molecule has 0 fully saturated rings. The van der Waals surface area contributed by atoms with E-state index < -0.39 is 0 Å². The smallest absolute Gasteiger partial charge is 0.262 e. The Morgan fingerprint density at radius 1 is 1.13 bits per heavy atom. The minimum atomic E-state index is -0.340. The third kappa shape index (κ3) is 4.08. The van der Waals surface area contributed by atoms with Gasteiger partial charge in [-0.3, -0.25) is 14.2 Å². The lowest BCUT2D eigenvalue weighted by Gasteiger charge is -2.11. The predicted octanol–water partition coefficient (Wildman–Crippen LogP) is 3.97. The highest BCUT2D eigenvalue weighted by Crippen LogP contribution is 2.30. The number of methoxy groups -OCH3 is 2. The van der Waals surface area contributed by atoms with Crippen molar-refractivity contribution in [2.24, 2.45) is 0 Å². The molecule has 0 spiro atoms. The number of benzene rings is 2. The molecule has 31 heavy (non-hydrogen) atoms. The molecule has 0 saturated carbocycles. The summed E-state index contributed by atoms with van der Waals surface area (Å²) in [6, 6.07) is 13.4. The SMILES string of the molecule is COc1ccc(NC(=O)c2ccc3c(=O)n(Cc4ccco4)c(=S)[nH]c3c2)cc1OC. The number of furan rings is 1. The maximum absolute atomic E-state index is 12.9. The Balaban J connectivity index is 1.64. The van der Waals surface area contributed by atoms with Crippen LogP contribution < -0.4 is 20.3 Å². The summed E-state index contributed by atoms with van der Waals surface area (Å²) in [5.74, 6) is 1.34. The Morgan fingerprint density at radius 2 is 1.94 bits per heavy atom. The Morgan fingerprint density at radius 3 is 2.65 bits per heavy atom. The molecule has 8 nitrogen and oxygen atoms in total. The number of aromatic amines is 1. The van der Waals surface area contributed by atoms with Crippen LogP contribution in [0.15, 0.2) is 64.0 Å². The largest absolute Gasteiger partial charge is 0.493 e. The molecular weight excluding hydrogens is 418 g/mol. The second kappa shape index (κ2) is 8.49. The van der Waals surface area contributed by atoms with Crippen molar-refractivity contribution in [2.45, 2.75) is 6.54 Å². The van der Waals surface area contributed by atoms with Crippen molar-refractivity contribution in [1.29, 1.82) is 0 Å². The number of anilines is 1. The first-order valence-electron chi connectivity index (χ1n) is 9.33. The monoisotopic (exact) mass is 437 g/mol. The normalized spacial score (nSPS) is 10.8. The van der Waals surface area contributed by atoms with Gasteiger partial charge in [0.25, 0.3) is 11.5 Å². The van der Waals surface area contributed by atoms with Gasteiger partial charge < -0.3 is 24.2 Å². The number of carbonyl (C=O) groups is 1. The van der Waals surface area contributed by atoms with E-state index in [0.717, 1.165) is 0 Å². The van der Waals surface area contributed by atoms with Gasteiger partial charge in [0.05, 0.1) is 37.9 Å². The number of rotatable bonds is 6. The van der Waals surface area contributed by atoms with Crippen LogP contribution in [-0.4, -0.2) is 29.7 Å². The highest BCUT2D eigenvalue weighted by molar-refractivity contribution is 7.71. The van der Waals surface area contributed by atoms with Crippen LogP contribution in [0.1, 0.15) is 16.1 Å². The molecule has 1 amide bonds. The molecule has 158 valence electrons. The summed E-state index contributed by atoms with van der Waals surface area (Å²) >= 11 is 5.34. The van der Waals surface area contributed by atoms with E-state index in [1.165, 1.54) is 25.0 Å². The zero-order valence-corrected chi connectivity index (χ0v) is 17.6. The molecule has 2 N–H and O–H groups in total. The number of carbonyl (C=O) groups excluding carboxylic acids is 1. The topological polar surface area (TPSA) is 98.5 Å². The van der Waals surface area contributed by atoms with Crippen molar-refractivity contribution in [3.63, 3.8) is 0 Å². The molecule has 2 aromatic carbocycles. The van der Waals surface area contributed by atoms with Crippen molar-refractivity contribution >= 4 is 34.7 Å². The van der Waals surface area contributed by atoms with Gasteiger partial charge in [0.1, 0.15) is 5.76 Å². The summed E-state index contributed by atoms with van der Waals surface area (Å²) < 4.78 is 17.4. The molecule has 0 atom stereocenters. The summed E-state index contributed by atoms with van der Waals surface area (Å²) in [6.07, 6.45) is 1.54. The van der Waals surface area contributed by atoms with E-state index in [2.05, 4.69) is 10.3 Å². The average molecular weight is 437 g/mol. The van der Waals surface area contributed by atoms with Crippen molar-refractivity contribution in [1.82, 2.24) is 9.55 Å². The number of nitrogens with one attached hydrogen (secondary N) is 2. The van der Waals surface area contributed by atoms with Crippen LogP contribution >= 0.6 is 12.2 Å². The fourth-order valence-corrected chi connectivity index (χ4v) is 3.47. The third-order valence-electron chi connectivity index (χ3n) is 4.78. The lowest BCUT2D eigenvalue weighted by atomic mass is 10.1. The summed E-state index contributed by atoms with van der Waals surface area (Å²) in [5, 5.41) is 3.23. The molecule has 0 unspecified atom stereocenters. The standard InChI is InChI=1S/C22H19N3O5S/c1-28-18-8-6-14(11-19(18)29-2)23-20(26)13-5-7-16-17(10-13)24-22(31)25(21(16)27)12-15-4-3-9-30-15/h3-11H,12H2,1-2H3,(H,23,26)(H,24,31). The van der Waals surface area contributed by atoms with Crippen LogP contribution in [0, 0.1) is 4.77 Å². The van der Waals surface area contributed by atoms with Gasteiger partial charge in [0, 0.05) is 17.3 Å². The van der Waals surface area contributed by atoms with E-state index in [0.29, 0.717) is 39.4 Å². The summed E-state index contributed by atoms with van der Waals surface area (Å²) in [5.41, 5.74) is 1.13. The van der Waals surface area contributed by atoms with Gasteiger partial charge >= 0.3 is 0 Å². The number of nitrogens with zero attached hydrogens (tertiary/aromatic N) is 1. The van der Waals surface area contributed by atoms with Crippen LogP contribution in [0.25, 0.3) is 10.9 Å². The van der Waals surface area contributed by atoms with Crippen molar-refractivity contribution in [3.8, 4) is 11.5 Å². The molecule has 4 aromatic rings. The molecule has 4 rings (SSSR count). The van der Waals surface area contributed by atoms with E-state index in [1.54, 1.807) is 48.5 Å². The van der Waals surface area contributed by atoms with Crippen LogP contribution in [-0.2, 0) is 6.54 Å². The summed E-state index contributed by atoms with van der Waals surface area (Å²) in [7, 11) is 3.06. The van der Waals surface area contributed by atoms with Crippen LogP contribution in [0.2, 0.25) is 0 Å². The van der Waals surface area contributed by atoms with Gasteiger partial charge in [-0.15, -0.1) is 0 Å². The summed E-state index contributed by atoms with van der Waals surface area (Å²) in [6.45, 7) is 0.221. The Hall–Kier alpha value is -3.85. The molecule has 9 heteroatoms. The van der Waals surface area contributed by atoms with E-state index in [1.807, 2.05) is 0 Å². The molecule has 0 aliphatic carbocycles. The molecule has 0 aliphatic heterocycles. The van der Waals surface area contributed by atoms with E-state index in [4.69, 9.17) is 26.1 Å². The molecular formula is C22H19N3O5S. The van der Waals surface area contributed by atoms with E-state index >= 15 is 0 Å². The van der Waals surface area contributed by atoms with Crippen molar-refractivity contribution in [2.75, 3.05) is 19.5 Å². The van der Waals surface area contributed by atoms with Crippen LogP contribution in [0.4, 0.5) is 5.69 Å². The lowest BCUT2D eigenvalue weighted by Crippen LogP contribution is -2.23. The number of amides is 1. The second-order valence-electron chi connectivity index (χ2n) is 6.69. The quantitative estimate of drug-likeness (QED) is 0.443. The minimum Gasteiger partial charge on any atom is -0.493 e. The van der Waals surface area contributed by atoms with Crippen LogP contribution in [0.5, 0.6) is 11.5 Å². The molecule has 2 heterocycles. The van der Waals surface area contributed by atoms with Gasteiger partial charge in [-0.25, -0.2) is 0 Å². The first-order valence-corrected chi connectivity index (χ1v) is 9.73. The molecule has 0 bridgehead atoms. The first-order chi connectivity index (χ1) is 15.0. The fraction of sp³-hybridized carbons (Fsp3) is 0.136. The zero-order chi connectivity index (χ0) is 22.0. The zero-order valence-electron chi connectivity index (χ0n) is 16.8. The lowest BCUT2D eigenvalue weighted by molar-refractivity contribution is 0.102. The van der Waals surface area contributed by atoms with Gasteiger partial charge in [0.15, 0.2) is 16.3 Å². The minimum absolute atomic E-state index is 0.221. The highest BCUT2D eigenvalue weighted by atomic mass is 32.1. The first kappa shape index (κ1) is 20.4. The van der Waals surface area contributed by atoms with Crippen LogP contribution in [0.3, 0.4) is 0 Å². The predicted molar refractivity (Wildman–Crippen MR) is 119 cm³/mol. The van der Waals surface area contributed by atoms with Gasteiger partial charge in [-0.1, -0.05) is 0 Å². The number of hydrogen-bond donors (Lipinski definition) is 2. The fourth-order valence-electron chi connectivity index (χ4n) is 3.21. The molecule has 0 aliphatic rings. The summed E-state index contributed by atoms with van der Waals surface area (Å²) in [4.78, 5) is 28.7. The maximum atomic E-state index is 12.9. The maximum Gasteiger partial charge on any atom is 0.262 e. The van der Waals surface area contributed by atoms with E-state index in [-0.39, 0.29) is 22.8 Å². The number of H-pyrrole nitrogens is 1. The Bertz CT molecular complexity index is 1370. The number of hydrogen-bond acceptors (Lipinski definition) is 6. The van der Waals surface area contributed by atoms with Crippen molar-refractivity contribution < 1.29 is 18.7 Å². The van der Waals surface area contributed by atoms with Gasteiger partial charge in [-0.2, -0.15) is 0 Å². The van der Waals surface area contributed by atoms with Crippen molar-refractivity contribution in [3.05, 3.63) is 81.2 Å². The molecule has 2 aromatic heterocycles. The number of fused-ring (bicyclic) bond motifs is 1. The van der Waals surface area contributed by atoms with E-state index in [9.17, 15) is 9.59 Å². The Labute approximate surface area is 182 Å². The third-order valence-corrected chi connectivity index (χ3v) is 5.10. The number of aromatic nitrogens is 2. The molecule has 0 radical (unpaired) electrons.